The first-order chi connectivity index (χ1) is 14.8. The monoisotopic (exact) mass is 454 g/mol. The zero-order valence-electron chi connectivity index (χ0n) is 17.1. The van der Waals surface area contributed by atoms with E-state index in [0.29, 0.717) is 11.3 Å². The van der Waals surface area contributed by atoms with Crippen LogP contribution in [0.5, 0.6) is 0 Å². The van der Waals surface area contributed by atoms with E-state index in [1.54, 1.807) is 42.5 Å². The predicted octanol–water partition coefficient (Wildman–Crippen LogP) is 3.99. The number of carbonyl (C=O) groups is 1. The summed E-state index contributed by atoms with van der Waals surface area (Å²) in [6, 6.07) is 12.6. The molecule has 0 aliphatic rings. The maximum Gasteiger partial charge on any atom is 0.240 e. The number of nitrogens with one attached hydrogen (secondary N) is 2. The van der Waals surface area contributed by atoms with E-state index in [4.69, 9.17) is 0 Å². The van der Waals surface area contributed by atoms with Crippen LogP contribution >= 0.6 is 11.3 Å². The molecule has 1 amide bonds. The van der Waals surface area contributed by atoms with E-state index in [0.717, 1.165) is 21.8 Å². The number of aryl methyl sites for hydroxylation is 2. The third-order valence-corrected chi connectivity index (χ3v) is 7.21. The number of aromatic nitrogens is 2. The number of hydrogen-bond donors (Lipinski definition) is 2. The number of sulfonamides is 1. The van der Waals surface area contributed by atoms with Crippen LogP contribution < -0.4 is 10.0 Å². The van der Waals surface area contributed by atoms with Gasteiger partial charge in [-0.15, -0.1) is 11.3 Å². The molecule has 4 aromatic rings. The summed E-state index contributed by atoms with van der Waals surface area (Å²) in [5.74, 6) is -0.265. The highest BCUT2D eigenvalue weighted by Crippen LogP contribution is 2.23. The molecular weight excluding hydrogens is 432 g/mol. The molecule has 31 heavy (non-hydrogen) atoms. The minimum Gasteiger partial charge on any atom is -0.326 e. The first kappa shape index (κ1) is 21.2. The fraction of sp³-hybridized carbons (Fsp3) is 0.182. The minimum absolute atomic E-state index is 0.0188. The van der Waals surface area contributed by atoms with E-state index in [1.807, 2.05) is 47.3 Å². The molecule has 0 unspecified atom stereocenters. The van der Waals surface area contributed by atoms with Crippen molar-refractivity contribution in [3.05, 3.63) is 71.4 Å². The van der Waals surface area contributed by atoms with E-state index in [-0.39, 0.29) is 23.8 Å². The van der Waals surface area contributed by atoms with Crippen molar-refractivity contribution < 1.29 is 13.2 Å². The molecule has 4 rings (SSSR count). The quantitative estimate of drug-likeness (QED) is 0.442. The second-order valence-corrected chi connectivity index (χ2v) is 9.87. The van der Waals surface area contributed by atoms with Crippen LogP contribution in [0.1, 0.15) is 17.5 Å². The van der Waals surface area contributed by atoms with Crippen LogP contribution in [0.4, 0.5) is 5.69 Å². The number of rotatable bonds is 7. The second-order valence-electron chi connectivity index (χ2n) is 7.26. The number of nitrogens with zero attached hydrogens (tertiary/aromatic N) is 2. The van der Waals surface area contributed by atoms with Gasteiger partial charge in [0.2, 0.25) is 15.9 Å². The van der Waals surface area contributed by atoms with Crippen molar-refractivity contribution >= 4 is 37.9 Å². The SMILES string of the molecule is Cc1ccc(S(=O)(=O)NCCC(=O)Nc2ccc(-c3cn4ccsc4n3)cc2)c(C)c1. The van der Waals surface area contributed by atoms with Gasteiger partial charge in [-0.2, -0.15) is 0 Å². The van der Waals surface area contributed by atoms with E-state index >= 15 is 0 Å². The van der Waals surface area contributed by atoms with Gasteiger partial charge in [0.1, 0.15) is 0 Å². The minimum atomic E-state index is -3.66. The van der Waals surface area contributed by atoms with Crippen molar-refractivity contribution in [2.24, 2.45) is 0 Å². The summed E-state index contributed by atoms with van der Waals surface area (Å²) in [6.07, 6.45) is 3.95. The van der Waals surface area contributed by atoms with Crippen LogP contribution in [0.2, 0.25) is 0 Å². The third-order valence-electron chi connectivity index (χ3n) is 4.82. The van der Waals surface area contributed by atoms with Gasteiger partial charge in [0, 0.05) is 42.0 Å². The Balaban J connectivity index is 1.32. The van der Waals surface area contributed by atoms with Crippen LogP contribution in [0.25, 0.3) is 16.2 Å². The normalized spacial score (nSPS) is 11.7. The molecule has 2 N–H and O–H groups in total. The molecule has 0 aliphatic heterocycles. The number of imidazole rings is 1. The molecule has 9 heteroatoms. The molecule has 0 radical (unpaired) electrons. The third kappa shape index (κ3) is 4.84. The molecule has 0 aliphatic carbocycles. The van der Waals surface area contributed by atoms with Crippen LogP contribution in [-0.2, 0) is 14.8 Å². The number of hydrogen-bond acceptors (Lipinski definition) is 5. The van der Waals surface area contributed by atoms with Crippen molar-refractivity contribution in [2.45, 2.75) is 25.2 Å². The van der Waals surface area contributed by atoms with Crippen molar-refractivity contribution in [3.8, 4) is 11.3 Å². The number of amides is 1. The predicted molar refractivity (Wildman–Crippen MR) is 123 cm³/mol. The van der Waals surface area contributed by atoms with Gasteiger partial charge in [0.25, 0.3) is 0 Å². The Morgan fingerprint density at radius 1 is 1.13 bits per heavy atom. The molecular formula is C22H22N4O3S2. The first-order valence-corrected chi connectivity index (χ1v) is 12.1. The zero-order valence-corrected chi connectivity index (χ0v) is 18.8. The number of anilines is 1. The Morgan fingerprint density at radius 2 is 1.90 bits per heavy atom. The lowest BCUT2D eigenvalue weighted by Gasteiger charge is -2.10. The molecule has 2 heterocycles. The molecule has 0 saturated carbocycles. The highest BCUT2D eigenvalue weighted by molar-refractivity contribution is 7.89. The highest BCUT2D eigenvalue weighted by atomic mass is 32.2. The average Bonchev–Trinajstić information content (AvgIpc) is 3.30. The van der Waals surface area contributed by atoms with E-state index in [9.17, 15) is 13.2 Å². The fourth-order valence-corrected chi connectivity index (χ4v) is 5.25. The smallest absolute Gasteiger partial charge is 0.240 e. The van der Waals surface area contributed by atoms with Crippen LogP contribution in [0.3, 0.4) is 0 Å². The van der Waals surface area contributed by atoms with E-state index < -0.39 is 10.0 Å². The van der Waals surface area contributed by atoms with Gasteiger partial charge in [-0.05, 0) is 37.6 Å². The van der Waals surface area contributed by atoms with Gasteiger partial charge >= 0.3 is 0 Å². The van der Waals surface area contributed by atoms with Gasteiger partial charge in [-0.1, -0.05) is 29.8 Å². The molecule has 2 aromatic carbocycles. The van der Waals surface area contributed by atoms with Gasteiger partial charge in [-0.3, -0.25) is 9.20 Å². The maximum absolute atomic E-state index is 12.5. The van der Waals surface area contributed by atoms with Crippen molar-refractivity contribution in [1.82, 2.24) is 14.1 Å². The molecule has 0 fully saturated rings. The molecule has 2 aromatic heterocycles. The second kappa shape index (κ2) is 8.62. The van der Waals surface area contributed by atoms with Crippen molar-refractivity contribution in [3.63, 3.8) is 0 Å². The lowest BCUT2D eigenvalue weighted by Crippen LogP contribution is -2.28. The summed E-state index contributed by atoms with van der Waals surface area (Å²) >= 11 is 1.57. The summed E-state index contributed by atoms with van der Waals surface area (Å²) in [5, 5.41) is 4.77. The summed E-state index contributed by atoms with van der Waals surface area (Å²) in [6.45, 7) is 3.68. The van der Waals surface area contributed by atoms with Crippen LogP contribution in [0, 0.1) is 13.8 Å². The van der Waals surface area contributed by atoms with Crippen molar-refractivity contribution in [1.29, 1.82) is 0 Å². The molecule has 0 atom stereocenters. The van der Waals surface area contributed by atoms with Gasteiger partial charge < -0.3 is 5.32 Å². The highest BCUT2D eigenvalue weighted by Gasteiger charge is 2.16. The summed E-state index contributed by atoms with van der Waals surface area (Å²) < 4.78 is 29.4. The molecule has 0 spiro atoms. The summed E-state index contributed by atoms with van der Waals surface area (Å²) in [7, 11) is -3.66. The van der Waals surface area contributed by atoms with E-state index in [2.05, 4.69) is 15.0 Å². The Kier molecular flexibility index (Phi) is 5.90. The maximum atomic E-state index is 12.5. The standard InChI is InChI=1S/C22H22N4O3S2/c1-15-3-8-20(16(2)13-15)31(28,29)23-10-9-21(27)24-18-6-4-17(5-7-18)19-14-26-11-12-30-22(26)25-19/h3-8,11-14,23H,9-10H2,1-2H3,(H,24,27). The van der Waals surface area contributed by atoms with E-state index in [1.165, 1.54) is 0 Å². The topological polar surface area (TPSA) is 92.6 Å². The van der Waals surface area contributed by atoms with Gasteiger partial charge in [0.15, 0.2) is 4.96 Å². The fourth-order valence-electron chi connectivity index (χ4n) is 3.29. The molecule has 7 nitrogen and oxygen atoms in total. The summed E-state index contributed by atoms with van der Waals surface area (Å²) in [4.78, 5) is 17.9. The first-order valence-electron chi connectivity index (χ1n) is 9.71. The number of benzene rings is 2. The van der Waals surface area contributed by atoms with Gasteiger partial charge in [-0.25, -0.2) is 18.1 Å². The van der Waals surface area contributed by atoms with Crippen LogP contribution in [-0.4, -0.2) is 30.3 Å². The Labute approximate surface area is 184 Å². The Morgan fingerprint density at radius 3 is 2.61 bits per heavy atom. The molecule has 0 bridgehead atoms. The summed E-state index contributed by atoms with van der Waals surface area (Å²) in [5.41, 5.74) is 4.14. The molecule has 160 valence electrons. The average molecular weight is 455 g/mol. The number of carbonyl (C=O) groups excluding carboxylic acids is 1. The van der Waals surface area contributed by atoms with Crippen LogP contribution in [0.15, 0.2) is 65.1 Å². The molecule has 0 saturated heterocycles. The largest absolute Gasteiger partial charge is 0.326 e. The lowest BCUT2D eigenvalue weighted by atomic mass is 10.1. The number of fused-ring (bicyclic) bond motifs is 1. The Bertz CT molecular complexity index is 1310. The van der Waals surface area contributed by atoms with Gasteiger partial charge in [0.05, 0.1) is 10.6 Å². The van der Waals surface area contributed by atoms with Crippen molar-refractivity contribution in [2.75, 3.05) is 11.9 Å². The zero-order chi connectivity index (χ0) is 22.0. The number of thiazole rings is 1. The Hall–Kier alpha value is -3.01. The lowest BCUT2D eigenvalue weighted by molar-refractivity contribution is -0.116.